The van der Waals surface area contributed by atoms with E-state index in [0.717, 1.165) is 11.2 Å². The Kier molecular flexibility index (Phi) is 7.34. The van der Waals surface area contributed by atoms with Crippen LogP contribution in [0.1, 0.15) is 56.2 Å². The zero-order valence-corrected chi connectivity index (χ0v) is 13.3. The van der Waals surface area contributed by atoms with Crippen LogP contribution >= 0.6 is 15.9 Å². The standard InChI is InChI=1S/C17H25Br/c1-4-15-10-16(12-17(11-15)13-18)9-7-5-6-8-14(2)3/h4,10-12,14H,1,5-9,13H2,2-3H3. The van der Waals surface area contributed by atoms with Gasteiger partial charge in [-0.25, -0.2) is 0 Å². The molecule has 100 valence electrons. The quantitative estimate of drug-likeness (QED) is 0.409. The van der Waals surface area contributed by atoms with E-state index in [1.54, 1.807) is 0 Å². The van der Waals surface area contributed by atoms with Crippen molar-refractivity contribution in [2.45, 2.75) is 51.3 Å². The summed E-state index contributed by atoms with van der Waals surface area (Å²) in [6, 6.07) is 6.77. The third kappa shape index (κ3) is 5.86. The summed E-state index contributed by atoms with van der Waals surface area (Å²) in [7, 11) is 0. The number of rotatable bonds is 8. The van der Waals surface area contributed by atoms with Gasteiger partial charge in [-0.15, -0.1) is 0 Å². The SMILES string of the molecule is C=Cc1cc(CBr)cc(CCCCCC(C)C)c1. The summed E-state index contributed by atoms with van der Waals surface area (Å²) in [6.45, 7) is 8.46. The van der Waals surface area contributed by atoms with Gasteiger partial charge in [0.2, 0.25) is 0 Å². The van der Waals surface area contributed by atoms with Gasteiger partial charge < -0.3 is 0 Å². The zero-order valence-electron chi connectivity index (χ0n) is 11.7. The second-order valence-corrected chi connectivity index (χ2v) is 5.97. The summed E-state index contributed by atoms with van der Waals surface area (Å²) in [4.78, 5) is 0. The molecule has 0 aliphatic rings. The molecule has 0 N–H and O–H groups in total. The number of aryl methyl sites for hydroxylation is 1. The van der Waals surface area contributed by atoms with Crippen LogP contribution in [0, 0.1) is 5.92 Å². The van der Waals surface area contributed by atoms with E-state index in [-0.39, 0.29) is 0 Å². The van der Waals surface area contributed by atoms with Crippen LogP contribution in [0.3, 0.4) is 0 Å². The molecule has 0 nitrogen and oxygen atoms in total. The average Bonchev–Trinajstić information content (AvgIpc) is 2.37. The van der Waals surface area contributed by atoms with Crippen molar-refractivity contribution < 1.29 is 0 Å². The second kappa shape index (κ2) is 8.53. The number of alkyl halides is 1. The Bertz CT molecular complexity index is 366. The Balaban J connectivity index is 2.43. The van der Waals surface area contributed by atoms with Gasteiger partial charge in [0.05, 0.1) is 0 Å². The number of hydrogen-bond acceptors (Lipinski definition) is 0. The van der Waals surface area contributed by atoms with Gasteiger partial charge in [-0.3, -0.25) is 0 Å². The maximum atomic E-state index is 3.86. The number of unbranched alkanes of at least 4 members (excludes halogenated alkanes) is 2. The lowest BCUT2D eigenvalue weighted by molar-refractivity contribution is 0.527. The summed E-state index contributed by atoms with van der Waals surface area (Å²) in [6.07, 6.45) is 8.51. The molecule has 0 saturated carbocycles. The maximum absolute atomic E-state index is 3.86. The normalized spacial score (nSPS) is 10.9. The van der Waals surface area contributed by atoms with Crippen LogP contribution in [-0.4, -0.2) is 0 Å². The lowest BCUT2D eigenvalue weighted by atomic mass is 10.00. The molecule has 1 aromatic carbocycles. The van der Waals surface area contributed by atoms with Crippen molar-refractivity contribution in [2.75, 3.05) is 0 Å². The lowest BCUT2D eigenvalue weighted by Gasteiger charge is -2.07. The molecule has 0 aromatic heterocycles. The van der Waals surface area contributed by atoms with Gasteiger partial charge in [0, 0.05) is 5.33 Å². The summed E-state index contributed by atoms with van der Waals surface area (Å²) in [5, 5.41) is 0.926. The maximum Gasteiger partial charge on any atom is 0.0283 e. The Morgan fingerprint density at radius 3 is 2.44 bits per heavy atom. The lowest BCUT2D eigenvalue weighted by Crippen LogP contribution is -1.92. The highest BCUT2D eigenvalue weighted by Gasteiger charge is 2.00. The van der Waals surface area contributed by atoms with Gasteiger partial charge in [0.15, 0.2) is 0 Å². The summed E-state index contributed by atoms with van der Waals surface area (Å²) in [5.41, 5.74) is 4.04. The topological polar surface area (TPSA) is 0 Å². The predicted octanol–water partition coefficient (Wildman–Crippen LogP) is 5.98. The first-order chi connectivity index (χ1) is 8.65. The van der Waals surface area contributed by atoms with Gasteiger partial charge >= 0.3 is 0 Å². The van der Waals surface area contributed by atoms with E-state index >= 15 is 0 Å². The molecule has 0 unspecified atom stereocenters. The summed E-state index contributed by atoms with van der Waals surface area (Å²) < 4.78 is 0. The Morgan fingerprint density at radius 2 is 1.83 bits per heavy atom. The highest BCUT2D eigenvalue weighted by molar-refractivity contribution is 9.08. The van der Waals surface area contributed by atoms with Crippen LogP contribution in [0.15, 0.2) is 24.8 Å². The molecule has 0 aliphatic carbocycles. The fourth-order valence-corrected chi connectivity index (χ4v) is 2.51. The van der Waals surface area contributed by atoms with Crippen molar-refractivity contribution in [3.63, 3.8) is 0 Å². The fraction of sp³-hybridized carbons (Fsp3) is 0.529. The summed E-state index contributed by atoms with van der Waals surface area (Å²) in [5.74, 6) is 0.842. The van der Waals surface area contributed by atoms with E-state index in [0.29, 0.717) is 0 Å². The minimum Gasteiger partial charge on any atom is -0.0985 e. The Labute approximate surface area is 121 Å². The molecule has 0 amide bonds. The van der Waals surface area contributed by atoms with Crippen molar-refractivity contribution >= 4 is 22.0 Å². The van der Waals surface area contributed by atoms with E-state index in [4.69, 9.17) is 0 Å². The smallest absolute Gasteiger partial charge is 0.0283 e. The minimum absolute atomic E-state index is 0.842. The van der Waals surface area contributed by atoms with Crippen LogP contribution < -0.4 is 0 Å². The molecular weight excluding hydrogens is 284 g/mol. The molecule has 1 heteroatoms. The first-order valence-electron chi connectivity index (χ1n) is 6.97. The minimum atomic E-state index is 0.842. The van der Waals surface area contributed by atoms with Gasteiger partial charge in [0.25, 0.3) is 0 Å². The molecule has 0 spiro atoms. The van der Waals surface area contributed by atoms with Crippen molar-refractivity contribution in [3.05, 3.63) is 41.5 Å². The average molecular weight is 309 g/mol. The molecule has 0 atom stereocenters. The first kappa shape index (κ1) is 15.5. The molecule has 0 heterocycles. The molecule has 1 rings (SSSR count). The van der Waals surface area contributed by atoms with Gasteiger partial charge in [-0.05, 0) is 35.4 Å². The van der Waals surface area contributed by atoms with Crippen molar-refractivity contribution in [1.29, 1.82) is 0 Å². The van der Waals surface area contributed by atoms with E-state index in [9.17, 15) is 0 Å². The van der Waals surface area contributed by atoms with Crippen LogP contribution in [0.2, 0.25) is 0 Å². The third-order valence-corrected chi connectivity index (χ3v) is 3.86. The van der Waals surface area contributed by atoms with Gasteiger partial charge in [-0.1, -0.05) is 79.9 Å². The highest BCUT2D eigenvalue weighted by atomic mass is 79.9. The number of halogens is 1. The van der Waals surface area contributed by atoms with Crippen molar-refractivity contribution in [1.82, 2.24) is 0 Å². The van der Waals surface area contributed by atoms with E-state index in [1.165, 1.54) is 48.8 Å². The van der Waals surface area contributed by atoms with Gasteiger partial charge in [0.1, 0.15) is 0 Å². The van der Waals surface area contributed by atoms with Crippen LogP contribution in [0.5, 0.6) is 0 Å². The van der Waals surface area contributed by atoms with E-state index in [1.807, 2.05) is 6.08 Å². The monoisotopic (exact) mass is 308 g/mol. The Hall–Kier alpha value is -0.560. The Morgan fingerprint density at radius 1 is 1.11 bits per heavy atom. The largest absolute Gasteiger partial charge is 0.0985 e. The van der Waals surface area contributed by atoms with Crippen LogP contribution in [0.25, 0.3) is 6.08 Å². The number of hydrogen-bond donors (Lipinski definition) is 0. The van der Waals surface area contributed by atoms with E-state index in [2.05, 4.69) is 54.6 Å². The third-order valence-electron chi connectivity index (χ3n) is 3.21. The predicted molar refractivity (Wildman–Crippen MR) is 86.2 cm³/mol. The molecule has 0 saturated heterocycles. The van der Waals surface area contributed by atoms with Gasteiger partial charge in [-0.2, -0.15) is 0 Å². The fourth-order valence-electron chi connectivity index (χ4n) is 2.19. The highest BCUT2D eigenvalue weighted by Crippen LogP contribution is 2.17. The number of benzene rings is 1. The molecular formula is C17H25Br. The molecule has 0 radical (unpaired) electrons. The van der Waals surface area contributed by atoms with Crippen molar-refractivity contribution in [3.8, 4) is 0 Å². The zero-order chi connectivity index (χ0) is 13.4. The van der Waals surface area contributed by atoms with E-state index < -0.39 is 0 Å². The second-order valence-electron chi connectivity index (χ2n) is 5.41. The van der Waals surface area contributed by atoms with Crippen LogP contribution in [-0.2, 0) is 11.8 Å². The van der Waals surface area contributed by atoms with Crippen LogP contribution in [0.4, 0.5) is 0 Å². The molecule has 0 bridgehead atoms. The molecule has 0 fully saturated rings. The molecule has 0 aliphatic heterocycles. The summed E-state index contributed by atoms with van der Waals surface area (Å²) >= 11 is 3.53. The van der Waals surface area contributed by atoms with Crippen molar-refractivity contribution in [2.24, 2.45) is 5.92 Å². The molecule has 1 aromatic rings. The molecule has 18 heavy (non-hydrogen) atoms. The first-order valence-corrected chi connectivity index (χ1v) is 8.09.